The Morgan fingerprint density at radius 2 is 1.78 bits per heavy atom. The molecule has 2 rings (SSSR count). The normalized spacial score (nSPS) is 16.1. The number of rotatable bonds is 5. The predicted octanol–water partition coefficient (Wildman–Crippen LogP) is 3.43. The maximum absolute atomic E-state index is 12.3. The number of alkyl halides is 3. The molecule has 1 aromatic carbocycles. The highest BCUT2D eigenvalue weighted by atomic mass is 19.4. The number of nitrogens with zero attached hydrogens (tertiary/aromatic N) is 2. The van der Waals surface area contributed by atoms with Crippen molar-refractivity contribution in [1.29, 1.82) is 5.26 Å². The molecule has 6 nitrogen and oxygen atoms in total. The number of amides is 1. The van der Waals surface area contributed by atoms with E-state index in [0.717, 1.165) is 43.5 Å². The lowest BCUT2D eigenvalue weighted by Crippen LogP contribution is -2.51. The van der Waals surface area contributed by atoms with Crippen molar-refractivity contribution in [2.45, 2.75) is 44.0 Å². The van der Waals surface area contributed by atoms with Crippen molar-refractivity contribution >= 4 is 11.9 Å². The van der Waals surface area contributed by atoms with Crippen molar-refractivity contribution in [3.05, 3.63) is 29.8 Å². The van der Waals surface area contributed by atoms with Crippen molar-refractivity contribution < 1.29 is 32.2 Å². The molecular formula is C18H19F3N2O4. The van der Waals surface area contributed by atoms with Crippen molar-refractivity contribution in [3.63, 3.8) is 0 Å². The molecule has 0 N–H and O–H groups in total. The molecule has 146 valence electrons. The molecule has 1 saturated carbocycles. The smallest absolute Gasteiger partial charge is 0.452 e. The average molecular weight is 384 g/mol. The highest BCUT2D eigenvalue weighted by Gasteiger charge is 2.39. The second-order valence-electron chi connectivity index (χ2n) is 6.31. The number of esters is 1. The number of hydrogen-bond donors (Lipinski definition) is 0. The summed E-state index contributed by atoms with van der Waals surface area (Å²) in [6.07, 6.45) is -0.987. The van der Waals surface area contributed by atoms with Crippen LogP contribution < -0.4 is 4.74 Å². The molecular weight excluding hydrogens is 365 g/mol. The molecule has 0 unspecified atom stereocenters. The van der Waals surface area contributed by atoms with Gasteiger partial charge in [-0.25, -0.2) is 4.79 Å². The number of carbonyl (C=O) groups is 2. The van der Waals surface area contributed by atoms with E-state index in [-0.39, 0.29) is 5.56 Å². The molecule has 27 heavy (non-hydrogen) atoms. The minimum Gasteiger partial charge on any atom is -0.452 e. The zero-order chi connectivity index (χ0) is 20.1. The Morgan fingerprint density at radius 3 is 2.30 bits per heavy atom. The third kappa shape index (κ3) is 5.36. The Labute approximate surface area is 154 Å². The Hall–Kier alpha value is -2.76. The van der Waals surface area contributed by atoms with Crippen molar-refractivity contribution in [1.82, 2.24) is 4.90 Å². The fourth-order valence-electron chi connectivity index (χ4n) is 3.00. The molecule has 1 fully saturated rings. The topological polar surface area (TPSA) is 79.6 Å². The van der Waals surface area contributed by atoms with E-state index in [1.165, 1.54) is 11.9 Å². The van der Waals surface area contributed by atoms with Gasteiger partial charge in [0.25, 0.3) is 5.91 Å². The van der Waals surface area contributed by atoms with Crippen molar-refractivity contribution in [2.75, 3.05) is 13.7 Å². The van der Waals surface area contributed by atoms with Gasteiger partial charge in [0.15, 0.2) is 6.61 Å². The monoisotopic (exact) mass is 384 g/mol. The van der Waals surface area contributed by atoms with Gasteiger partial charge in [0.2, 0.25) is 0 Å². The van der Waals surface area contributed by atoms with Gasteiger partial charge in [0.1, 0.15) is 11.3 Å². The van der Waals surface area contributed by atoms with Gasteiger partial charge < -0.3 is 14.4 Å². The molecule has 1 aliphatic rings. The summed E-state index contributed by atoms with van der Waals surface area (Å²) in [7, 11) is 1.51. The van der Waals surface area contributed by atoms with Crippen molar-refractivity contribution in [2.24, 2.45) is 0 Å². The number of benzene rings is 1. The van der Waals surface area contributed by atoms with Gasteiger partial charge in [-0.05, 0) is 37.1 Å². The first-order valence-corrected chi connectivity index (χ1v) is 8.38. The number of carbonyl (C=O) groups excluding carboxylic acids is 2. The van der Waals surface area contributed by atoms with Crippen LogP contribution >= 0.6 is 0 Å². The molecule has 0 atom stereocenters. The molecule has 0 aromatic heterocycles. The molecule has 0 radical (unpaired) electrons. The lowest BCUT2D eigenvalue weighted by molar-refractivity contribution is -0.274. The SMILES string of the molecule is CN(C(=O)COC(=O)c1ccc(OC(F)(F)F)cc1)C1(C#N)CCCCC1. The van der Waals surface area contributed by atoms with E-state index in [4.69, 9.17) is 4.74 Å². The third-order valence-corrected chi connectivity index (χ3v) is 4.56. The first kappa shape index (κ1) is 20.6. The average Bonchev–Trinajstić information content (AvgIpc) is 2.65. The summed E-state index contributed by atoms with van der Waals surface area (Å²) >= 11 is 0. The van der Waals surface area contributed by atoms with Crippen LogP contribution in [0.1, 0.15) is 42.5 Å². The van der Waals surface area contributed by atoms with Gasteiger partial charge in [-0.15, -0.1) is 13.2 Å². The van der Waals surface area contributed by atoms with Gasteiger partial charge in [0, 0.05) is 7.05 Å². The first-order chi connectivity index (χ1) is 12.7. The quantitative estimate of drug-likeness (QED) is 0.727. The summed E-state index contributed by atoms with van der Waals surface area (Å²) in [6, 6.07) is 6.37. The summed E-state index contributed by atoms with van der Waals surface area (Å²) in [5.74, 6) is -1.84. The zero-order valence-corrected chi connectivity index (χ0v) is 14.7. The summed E-state index contributed by atoms with van der Waals surface area (Å²) in [4.78, 5) is 25.6. The molecule has 0 bridgehead atoms. The van der Waals surface area contributed by atoms with Crippen LogP contribution in [0.25, 0.3) is 0 Å². The first-order valence-electron chi connectivity index (χ1n) is 8.38. The summed E-state index contributed by atoms with van der Waals surface area (Å²) < 4.78 is 45.0. The number of nitriles is 1. The standard InChI is InChI=1S/C18H19F3N2O4/c1-23(17(12-22)9-3-2-4-10-17)15(24)11-26-16(25)13-5-7-14(8-6-13)27-18(19,20)21/h5-8H,2-4,9-11H2,1H3. The Morgan fingerprint density at radius 1 is 1.19 bits per heavy atom. The van der Waals surface area contributed by atoms with Crippen LogP contribution in [0.15, 0.2) is 24.3 Å². The second-order valence-corrected chi connectivity index (χ2v) is 6.31. The molecule has 0 spiro atoms. The van der Waals surface area contributed by atoms with Crippen LogP contribution in [0.5, 0.6) is 5.75 Å². The number of ether oxygens (including phenoxy) is 2. The minimum absolute atomic E-state index is 0.0207. The van der Waals surface area contributed by atoms with Gasteiger partial charge in [-0.1, -0.05) is 19.3 Å². The summed E-state index contributed by atoms with van der Waals surface area (Å²) in [5, 5.41) is 9.48. The van der Waals surface area contributed by atoms with Crippen LogP contribution in [0, 0.1) is 11.3 Å². The van der Waals surface area contributed by atoms with E-state index < -0.39 is 36.1 Å². The van der Waals surface area contributed by atoms with E-state index in [2.05, 4.69) is 10.8 Å². The molecule has 1 amide bonds. The van der Waals surface area contributed by atoms with Gasteiger partial charge >= 0.3 is 12.3 Å². The highest BCUT2D eigenvalue weighted by Crippen LogP contribution is 2.32. The van der Waals surface area contributed by atoms with E-state index in [0.29, 0.717) is 12.8 Å². The van der Waals surface area contributed by atoms with Crippen LogP contribution in [-0.4, -0.2) is 42.3 Å². The lowest BCUT2D eigenvalue weighted by atomic mass is 9.81. The zero-order valence-electron chi connectivity index (χ0n) is 14.7. The van der Waals surface area contributed by atoms with Crippen LogP contribution in [-0.2, 0) is 9.53 Å². The van der Waals surface area contributed by atoms with E-state index in [1.54, 1.807) is 0 Å². The number of hydrogen-bond acceptors (Lipinski definition) is 5. The summed E-state index contributed by atoms with van der Waals surface area (Å²) in [5.41, 5.74) is -0.911. The Bertz CT molecular complexity index is 720. The molecule has 1 aliphatic carbocycles. The fourth-order valence-corrected chi connectivity index (χ4v) is 3.00. The Balaban J connectivity index is 1.92. The largest absolute Gasteiger partial charge is 0.573 e. The molecule has 9 heteroatoms. The molecule has 0 heterocycles. The minimum atomic E-state index is -4.82. The lowest BCUT2D eigenvalue weighted by Gasteiger charge is -2.38. The maximum atomic E-state index is 12.3. The van der Waals surface area contributed by atoms with Gasteiger partial charge in [0.05, 0.1) is 11.6 Å². The molecule has 1 aromatic rings. The fraction of sp³-hybridized carbons (Fsp3) is 0.500. The van der Waals surface area contributed by atoms with Crippen LogP contribution in [0.4, 0.5) is 13.2 Å². The van der Waals surface area contributed by atoms with E-state index >= 15 is 0 Å². The number of likely N-dealkylation sites (N-methyl/N-ethyl adjacent to an activating group) is 1. The van der Waals surface area contributed by atoms with Gasteiger partial charge in [-0.2, -0.15) is 5.26 Å². The maximum Gasteiger partial charge on any atom is 0.573 e. The molecule has 0 saturated heterocycles. The second kappa shape index (κ2) is 8.29. The van der Waals surface area contributed by atoms with E-state index in [1.807, 2.05) is 0 Å². The van der Waals surface area contributed by atoms with E-state index in [9.17, 15) is 28.0 Å². The van der Waals surface area contributed by atoms with Crippen molar-refractivity contribution in [3.8, 4) is 11.8 Å². The Kier molecular flexibility index (Phi) is 6.31. The third-order valence-electron chi connectivity index (χ3n) is 4.56. The highest BCUT2D eigenvalue weighted by molar-refractivity contribution is 5.91. The molecule has 0 aliphatic heterocycles. The van der Waals surface area contributed by atoms with Crippen LogP contribution in [0.3, 0.4) is 0 Å². The number of halogens is 3. The summed E-state index contributed by atoms with van der Waals surface area (Å²) in [6.45, 7) is -0.556. The van der Waals surface area contributed by atoms with Crippen LogP contribution in [0.2, 0.25) is 0 Å². The predicted molar refractivity (Wildman–Crippen MR) is 87.6 cm³/mol. The van der Waals surface area contributed by atoms with Gasteiger partial charge in [-0.3, -0.25) is 4.79 Å².